The zero-order valence-corrected chi connectivity index (χ0v) is 11.6. The van der Waals surface area contributed by atoms with Crippen molar-refractivity contribution in [3.05, 3.63) is 29.3 Å². The first-order valence-corrected chi connectivity index (χ1v) is 7.22. The molecule has 0 saturated heterocycles. The van der Waals surface area contributed by atoms with E-state index in [9.17, 15) is 0 Å². The Morgan fingerprint density at radius 3 is 3.06 bits per heavy atom. The molecule has 0 amide bonds. The minimum absolute atomic E-state index is 0.536. The monoisotopic (exact) mass is 244 g/mol. The summed E-state index contributed by atoms with van der Waals surface area (Å²) >= 11 is 0. The fraction of sp³-hybridized carbons (Fsp3) is 0.625. The van der Waals surface area contributed by atoms with E-state index >= 15 is 0 Å². The molecule has 98 valence electrons. The molecule has 3 rings (SSSR count). The van der Waals surface area contributed by atoms with Gasteiger partial charge in [0, 0.05) is 24.8 Å². The molecule has 1 heterocycles. The van der Waals surface area contributed by atoms with Crippen LogP contribution in [0.25, 0.3) is 0 Å². The lowest BCUT2D eigenvalue weighted by Gasteiger charge is -2.18. The van der Waals surface area contributed by atoms with E-state index in [0.29, 0.717) is 11.5 Å². The first-order valence-electron chi connectivity index (χ1n) is 7.22. The number of benzene rings is 1. The molecule has 2 aliphatic rings. The summed E-state index contributed by atoms with van der Waals surface area (Å²) in [6.07, 6.45) is 5.18. The average Bonchev–Trinajstić information content (AvgIpc) is 2.92. The molecule has 0 spiro atoms. The summed E-state index contributed by atoms with van der Waals surface area (Å²) in [7, 11) is 0. The van der Waals surface area contributed by atoms with Crippen molar-refractivity contribution in [3.63, 3.8) is 0 Å². The number of nitrogens with one attached hydrogen (secondary N) is 2. The van der Waals surface area contributed by atoms with Gasteiger partial charge in [-0.1, -0.05) is 32.0 Å². The van der Waals surface area contributed by atoms with Crippen LogP contribution in [0.1, 0.15) is 44.2 Å². The van der Waals surface area contributed by atoms with Crippen molar-refractivity contribution in [2.75, 3.05) is 11.9 Å². The maximum absolute atomic E-state index is 3.74. The maximum atomic E-state index is 3.74. The molecule has 18 heavy (non-hydrogen) atoms. The third kappa shape index (κ3) is 2.39. The standard InChI is InChI=1S/C16H24N2/c1-16(2)8-6-14(10-16)18-11-13-5-3-4-12-7-9-17-15(12)13/h3-5,14,17-18H,6-11H2,1-2H3. The Bertz CT molecular complexity index is 437. The van der Waals surface area contributed by atoms with Crippen molar-refractivity contribution in [2.24, 2.45) is 5.41 Å². The second-order valence-corrected chi connectivity index (χ2v) is 6.61. The fourth-order valence-electron chi connectivity index (χ4n) is 3.42. The highest BCUT2D eigenvalue weighted by Crippen LogP contribution is 2.37. The van der Waals surface area contributed by atoms with E-state index in [4.69, 9.17) is 0 Å². The van der Waals surface area contributed by atoms with Gasteiger partial charge in [-0.3, -0.25) is 0 Å². The molecule has 1 saturated carbocycles. The Kier molecular flexibility index (Phi) is 3.06. The quantitative estimate of drug-likeness (QED) is 0.852. The Balaban J connectivity index is 1.63. The summed E-state index contributed by atoms with van der Waals surface area (Å²) < 4.78 is 0. The van der Waals surface area contributed by atoms with E-state index in [0.717, 1.165) is 13.1 Å². The maximum Gasteiger partial charge on any atom is 0.0419 e. The lowest BCUT2D eigenvalue weighted by Crippen LogP contribution is -2.27. The van der Waals surface area contributed by atoms with Crippen molar-refractivity contribution in [2.45, 2.75) is 52.1 Å². The van der Waals surface area contributed by atoms with Crippen LogP contribution in [0.5, 0.6) is 0 Å². The zero-order valence-electron chi connectivity index (χ0n) is 11.6. The van der Waals surface area contributed by atoms with Crippen molar-refractivity contribution < 1.29 is 0 Å². The third-order valence-electron chi connectivity index (χ3n) is 4.48. The van der Waals surface area contributed by atoms with Gasteiger partial charge in [0.1, 0.15) is 0 Å². The highest BCUT2D eigenvalue weighted by atomic mass is 14.9. The summed E-state index contributed by atoms with van der Waals surface area (Å²) in [6.45, 7) is 6.88. The molecule has 1 atom stereocenters. The SMILES string of the molecule is CC1(C)CCC(NCc2cccc3c2NCC3)C1. The van der Waals surface area contributed by atoms with Crippen molar-refractivity contribution in [3.8, 4) is 0 Å². The van der Waals surface area contributed by atoms with Gasteiger partial charge in [0.15, 0.2) is 0 Å². The van der Waals surface area contributed by atoms with Gasteiger partial charge >= 0.3 is 0 Å². The number of fused-ring (bicyclic) bond motifs is 1. The van der Waals surface area contributed by atoms with Crippen LogP contribution in [0.3, 0.4) is 0 Å². The number of rotatable bonds is 3. The van der Waals surface area contributed by atoms with Crippen LogP contribution >= 0.6 is 0 Å². The number of hydrogen-bond donors (Lipinski definition) is 2. The first-order chi connectivity index (χ1) is 8.64. The van der Waals surface area contributed by atoms with Gasteiger partial charge in [0.25, 0.3) is 0 Å². The summed E-state index contributed by atoms with van der Waals surface area (Å²) in [5.74, 6) is 0. The minimum atomic E-state index is 0.536. The predicted molar refractivity (Wildman–Crippen MR) is 76.9 cm³/mol. The van der Waals surface area contributed by atoms with E-state index in [1.165, 1.54) is 42.5 Å². The molecule has 2 heteroatoms. The molecule has 1 fully saturated rings. The van der Waals surface area contributed by atoms with Crippen LogP contribution in [0.4, 0.5) is 5.69 Å². The topological polar surface area (TPSA) is 24.1 Å². The second kappa shape index (κ2) is 4.58. The molecule has 0 bridgehead atoms. The van der Waals surface area contributed by atoms with Crippen LogP contribution in [-0.2, 0) is 13.0 Å². The number of anilines is 1. The molecule has 1 unspecified atom stereocenters. The van der Waals surface area contributed by atoms with Crippen LogP contribution in [0.15, 0.2) is 18.2 Å². The molecule has 1 aliphatic heterocycles. The molecule has 2 nitrogen and oxygen atoms in total. The number of hydrogen-bond acceptors (Lipinski definition) is 2. The molecular formula is C16H24N2. The Morgan fingerprint density at radius 1 is 1.39 bits per heavy atom. The van der Waals surface area contributed by atoms with E-state index in [1.807, 2.05) is 0 Å². The van der Waals surface area contributed by atoms with Crippen LogP contribution < -0.4 is 10.6 Å². The lowest BCUT2D eigenvalue weighted by molar-refractivity contribution is 0.364. The zero-order chi connectivity index (χ0) is 12.6. The van der Waals surface area contributed by atoms with Gasteiger partial charge in [-0.25, -0.2) is 0 Å². The molecule has 1 aromatic carbocycles. The van der Waals surface area contributed by atoms with E-state index in [-0.39, 0.29) is 0 Å². The molecule has 0 radical (unpaired) electrons. The van der Waals surface area contributed by atoms with Crippen molar-refractivity contribution in [1.29, 1.82) is 0 Å². The molecule has 2 N–H and O–H groups in total. The van der Waals surface area contributed by atoms with Gasteiger partial charge in [-0.15, -0.1) is 0 Å². The smallest absolute Gasteiger partial charge is 0.0419 e. The molecule has 1 aliphatic carbocycles. The molecule has 0 aromatic heterocycles. The van der Waals surface area contributed by atoms with Gasteiger partial charge in [0.05, 0.1) is 0 Å². The van der Waals surface area contributed by atoms with Gasteiger partial charge in [0.2, 0.25) is 0 Å². The van der Waals surface area contributed by atoms with Gasteiger partial charge < -0.3 is 10.6 Å². The second-order valence-electron chi connectivity index (χ2n) is 6.61. The van der Waals surface area contributed by atoms with Crippen molar-refractivity contribution >= 4 is 5.69 Å². The van der Waals surface area contributed by atoms with Gasteiger partial charge in [-0.05, 0) is 42.2 Å². The van der Waals surface area contributed by atoms with Crippen LogP contribution in [0, 0.1) is 5.41 Å². The molecule has 1 aromatic rings. The van der Waals surface area contributed by atoms with E-state index < -0.39 is 0 Å². The predicted octanol–water partition coefficient (Wildman–Crippen LogP) is 3.32. The van der Waals surface area contributed by atoms with E-state index in [2.05, 4.69) is 42.7 Å². The van der Waals surface area contributed by atoms with Crippen molar-refractivity contribution in [1.82, 2.24) is 5.32 Å². The first kappa shape index (κ1) is 12.0. The van der Waals surface area contributed by atoms with Crippen LogP contribution in [-0.4, -0.2) is 12.6 Å². The third-order valence-corrected chi connectivity index (χ3v) is 4.48. The summed E-state index contributed by atoms with van der Waals surface area (Å²) in [4.78, 5) is 0. The van der Waals surface area contributed by atoms with Gasteiger partial charge in [-0.2, -0.15) is 0 Å². The summed E-state index contributed by atoms with van der Waals surface area (Å²) in [5.41, 5.74) is 4.85. The Labute approximate surface area is 110 Å². The number of para-hydroxylation sites is 1. The minimum Gasteiger partial charge on any atom is -0.384 e. The highest BCUT2D eigenvalue weighted by molar-refractivity contribution is 5.61. The summed E-state index contributed by atoms with van der Waals surface area (Å²) in [5, 5.41) is 7.26. The Hall–Kier alpha value is -1.02. The fourth-order valence-corrected chi connectivity index (χ4v) is 3.42. The largest absolute Gasteiger partial charge is 0.384 e. The normalized spacial score (nSPS) is 24.9. The highest BCUT2D eigenvalue weighted by Gasteiger charge is 2.30. The lowest BCUT2D eigenvalue weighted by atomic mass is 9.92. The van der Waals surface area contributed by atoms with E-state index in [1.54, 1.807) is 0 Å². The summed E-state index contributed by atoms with van der Waals surface area (Å²) in [6, 6.07) is 7.40. The average molecular weight is 244 g/mol. The molecular weight excluding hydrogens is 220 g/mol. The van der Waals surface area contributed by atoms with Crippen LogP contribution in [0.2, 0.25) is 0 Å². The Morgan fingerprint density at radius 2 is 2.28 bits per heavy atom.